The molecule has 0 saturated carbocycles. The number of carbonyl (C=O) groups is 1. The normalized spacial score (nSPS) is 15.0. The first-order valence-electron chi connectivity index (χ1n) is 8.24. The maximum atomic E-state index is 12.8. The lowest BCUT2D eigenvalue weighted by Crippen LogP contribution is -2.30. The third kappa shape index (κ3) is 4.27. The number of nitrogens with zero attached hydrogens (tertiary/aromatic N) is 2. The molecular formula is C18H17ClF3N3O. The summed E-state index contributed by atoms with van der Waals surface area (Å²) in [6.07, 6.45) is 0.327. The highest BCUT2D eigenvalue weighted by Gasteiger charge is 2.31. The molecule has 0 bridgehead atoms. The fourth-order valence-corrected chi connectivity index (χ4v) is 2.99. The summed E-state index contributed by atoms with van der Waals surface area (Å²) in [5, 5.41) is 2.45. The zero-order valence-electron chi connectivity index (χ0n) is 13.8. The van der Waals surface area contributed by atoms with Crippen LogP contribution >= 0.6 is 11.6 Å². The summed E-state index contributed by atoms with van der Waals surface area (Å²) in [4.78, 5) is 18.8. The Kier molecular flexibility index (Phi) is 5.36. The van der Waals surface area contributed by atoms with E-state index in [4.69, 9.17) is 11.6 Å². The third-order valence-corrected chi connectivity index (χ3v) is 4.56. The number of carbonyl (C=O) groups excluding carboxylic acids is 1. The number of rotatable bonds is 3. The second-order valence-electron chi connectivity index (χ2n) is 6.10. The average molecular weight is 384 g/mol. The monoisotopic (exact) mass is 383 g/mol. The van der Waals surface area contributed by atoms with Gasteiger partial charge in [0.15, 0.2) is 0 Å². The molecule has 0 radical (unpaired) electrons. The number of hydrogen-bond acceptors (Lipinski definition) is 3. The molecule has 0 spiro atoms. The van der Waals surface area contributed by atoms with Crippen LogP contribution in [0.4, 0.5) is 24.7 Å². The molecule has 1 amide bonds. The lowest BCUT2D eigenvalue weighted by Gasteiger charge is -2.27. The average Bonchev–Trinajstić information content (AvgIpc) is 2.63. The predicted octanol–water partition coefficient (Wildman–Crippen LogP) is 5.00. The summed E-state index contributed by atoms with van der Waals surface area (Å²) < 4.78 is 38.4. The van der Waals surface area contributed by atoms with E-state index in [1.54, 1.807) is 12.1 Å². The van der Waals surface area contributed by atoms with Gasteiger partial charge in [0.1, 0.15) is 5.82 Å². The first-order chi connectivity index (χ1) is 12.3. The van der Waals surface area contributed by atoms with Crippen LogP contribution in [0.2, 0.25) is 5.02 Å². The molecule has 1 aromatic carbocycles. The van der Waals surface area contributed by atoms with Gasteiger partial charge in [0, 0.05) is 19.3 Å². The summed E-state index contributed by atoms with van der Waals surface area (Å²) in [6, 6.07) is 6.14. The van der Waals surface area contributed by atoms with Gasteiger partial charge < -0.3 is 10.2 Å². The van der Waals surface area contributed by atoms with E-state index in [1.165, 1.54) is 12.6 Å². The molecule has 4 nitrogen and oxygen atoms in total. The summed E-state index contributed by atoms with van der Waals surface area (Å²) in [5.74, 6) is 0.224. The van der Waals surface area contributed by atoms with Gasteiger partial charge >= 0.3 is 6.18 Å². The molecule has 1 aliphatic rings. The van der Waals surface area contributed by atoms with Crippen molar-refractivity contribution in [2.45, 2.75) is 25.4 Å². The van der Waals surface area contributed by atoms with Crippen molar-refractivity contribution in [1.82, 2.24) is 4.98 Å². The molecule has 2 aromatic rings. The van der Waals surface area contributed by atoms with Crippen LogP contribution < -0.4 is 10.2 Å². The standard InChI is InChI=1S/C18H17ClF3N3O/c19-14-6-5-13(18(20,21)22)10-15(14)24-17(26)12-4-7-16(23-11-12)25-8-2-1-3-9-25/h4-7,10-11H,1-3,8-9H2,(H,24,26). The van der Waals surface area contributed by atoms with Crippen molar-refractivity contribution in [2.24, 2.45) is 0 Å². The van der Waals surface area contributed by atoms with Crippen molar-refractivity contribution in [3.63, 3.8) is 0 Å². The van der Waals surface area contributed by atoms with Crippen molar-refractivity contribution in [2.75, 3.05) is 23.3 Å². The second kappa shape index (κ2) is 7.53. The van der Waals surface area contributed by atoms with E-state index in [2.05, 4.69) is 15.2 Å². The van der Waals surface area contributed by atoms with E-state index in [-0.39, 0.29) is 16.3 Å². The Morgan fingerprint density at radius 1 is 1.12 bits per heavy atom. The largest absolute Gasteiger partial charge is 0.416 e. The van der Waals surface area contributed by atoms with Crippen LogP contribution in [0.25, 0.3) is 0 Å². The molecule has 1 saturated heterocycles. The Labute approximate surface area is 154 Å². The van der Waals surface area contributed by atoms with Gasteiger partial charge in [-0.25, -0.2) is 4.98 Å². The van der Waals surface area contributed by atoms with Crippen LogP contribution in [0.5, 0.6) is 0 Å². The number of amides is 1. The number of pyridine rings is 1. The zero-order chi connectivity index (χ0) is 18.7. The number of aromatic nitrogens is 1. The van der Waals surface area contributed by atoms with Crippen molar-refractivity contribution in [1.29, 1.82) is 0 Å². The SMILES string of the molecule is O=C(Nc1cc(C(F)(F)F)ccc1Cl)c1ccc(N2CCCCC2)nc1. The van der Waals surface area contributed by atoms with E-state index < -0.39 is 17.6 Å². The molecule has 1 aliphatic heterocycles. The lowest BCUT2D eigenvalue weighted by molar-refractivity contribution is -0.137. The van der Waals surface area contributed by atoms with Crippen LogP contribution in [0.3, 0.4) is 0 Å². The van der Waals surface area contributed by atoms with Crippen molar-refractivity contribution < 1.29 is 18.0 Å². The number of alkyl halides is 3. The van der Waals surface area contributed by atoms with Crippen LogP contribution in [0, 0.1) is 0 Å². The summed E-state index contributed by atoms with van der Waals surface area (Å²) in [6.45, 7) is 1.86. The van der Waals surface area contributed by atoms with E-state index in [0.29, 0.717) is 0 Å². The molecule has 26 heavy (non-hydrogen) atoms. The summed E-state index contributed by atoms with van der Waals surface area (Å²) in [5.41, 5.74) is -0.721. The Morgan fingerprint density at radius 2 is 1.85 bits per heavy atom. The highest BCUT2D eigenvalue weighted by atomic mass is 35.5. The smallest absolute Gasteiger partial charge is 0.357 e. The molecule has 8 heteroatoms. The summed E-state index contributed by atoms with van der Waals surface area (Å²) in [7, 11) is 0. The van der Waals surface area contributed by atoms with Crippen molar-refractivity contribution >= 4 is 29.0 Å². The topological polar surface area (TPSA) is 45.2 Å². The highest BCUT2D eigenvalue weighted by molar-refractivity contribution is 6.34. The molecule has 0 unspecified atom stereocenters. The van der Waals surface area contributed by atoms with Crippen LogP contribution in [0.1, 0.15) is 35.2 Å². The lowest BCUT2D eigenvalue weighted by atomic mass is 10.1. The maximum absolute atomic E-state index is 12.8. The number of halogens is 4. The number of nitrogens with one attached hydrogen (secondary N) is 1. The quantitative estimate of drug-likeness (QED) is 0.811. The minimum Gasteiger partial charge on any atom is -0.357 e. The van der Waals surface area contributed by atoms with Gasteiger partial charge in [0.2, 0.25) is 0 Å². The van der Waals surface area contributed by atoms with Gasteiger partial charge in [-0.15, -0.1) is 0 Å². The minimum atomic E-state index is -4.51. The number of anilines is 2. The van der Waals surface area contributed by atoms with Gasteiger partial charge in [0.25, 0.3) is 5.91 Å². The van der Waals surface area contributed by atoms with Gasteiger partial charge in [0.05, 0.1) is 21.8 Å². The maximum Gasteiger partial charge on any atom is 0.416 e. The first-order valence-corrected chi connectivity index (χ1v) is 8.61. The second-order valence-corrected chi connectivity index (χ2v) is 6.51. The predicted molar refractivity (Wildman–Crippen MR) is 94.7 cm³/mol. The van der Waals surface area contributed by atoms with Gasteiger partial charge in [-0.3, -0.25) is 4.79 Å². The molecule has 0 aliphatic carbocycles. The summed E-state index contributed by atoms with van der Waals surface area (Å²) >= 11 is 5.90. The van der Waals surface area contributed by atoms with Crippen molar-refractivity contribution in [3.05, 3.63) is 52.7 Å². The Hall–Kier alpha value is -2.28. The molecule has 3 rings (SSSR count). The van der Waals surface area contributed by atoms with Crippen LogP contribution in [-0.2, 0) is 6.18 Å². The zero-order valence-corrected chi connectivity index (χ0v) is 14.6. The van der Waals surface area contributed by atoms with Crippen molar-refractivity contribution in [3.8, 4) is 0 Å². The van der Waals surface area contributed by atoms with Crippen LogP contribution in [-0.4, -0.2) is 24.0 Å². The molecule has 0 atom stereocenters. The van der Waals surface area contributed by atoms with E-state index >= 15 is 0 Å². The van der Waals surface area contributed by atoms with Gasteiger partial charge in [-0.2, -0.15) is 13.2 Å². The number of hydrogen-bond donors (Lipinski definition) is 1. The van der Waals surface area contributed by atoms with E-state index in [1.807, 2.05) is 0 Å². The molecule has 138 valence electrons. The Balaban J connectivity index is 1.74. The Morgan fingerprint density at radius 3 is 2.46 bits per heavy atom. The first kappa shape index (κ1) is 18.5. The number of benzene rings is 1. The molecule has 1 fully saturated rings. The molecule has 1 aromatic heterocycles. The van der Waals surface area contributed by atoms with Gasteiger partial charge in [-0.05, 0) is 49.6 Å². The third-order valence-electron chi connectivity index (χ3n) is 4.23. The number of piperidine rings is 1. The molecule has 1 N–H and O–H groups in total. The van der Waals surface area contributed by atoms with Crippen LogP contribution in [0.15, 0.2) is 36.5 Å². The highest BCUT2D eigenvalue weighted by Crippen LogP contribution is 2.34. The molecular weight excluding hydrogens is 367 g/mol. The Bertz CT molecular complexity index is 787. The van der Waals surface area contributed by atoms with E-state index in [0.717, 1.165) is 49.9 Å². The molecule has 2 heterocycles. The van der Waals surface area contributed by atoms with E-state index in [9.17, 15) is 18.0 Å². The fraction of sp³-hybridized carbons (Fsp3) is 0.333. The fourth-order valence-electron chi connectivity index (χ4n) is 2.82. The minimum absolute atomic E-state index is 0.0317. The van der Waals surface area contributed by atoms with Gasteiger partial charge in [-0.1, -0.05) is 11.6 Å².